The van der Waals surface area contributed by atoms with E-state index in [-0.39, 0.29) is 0 Å². The van der Waals surface area contributed by atoms with Crippen LogP contribution in [0.15, 0.2) is 20.1 Å². The molecule has 0 saturated carbocycles. The van der Waals surface area contributed by atoms with Crippen LogP contribution < -0.4 is 4.72 Å². The fourth-order valence-corrected chi connectivity index (χ4v) is 5.40. The Morgan fingerprint density at radius 1 is 1.56 bits per heavy atom. The maximum atomic E-state index is 11.9. The highest BCUT2D eigenvalue weighted by molar-refractivity contribution is 9.10. The third-order valence-electron chi connectivity index (χ3n) is 2.05. The molecule has 0 aliphatic heterocycles. The van der Waals surface area contributed by atoms with Crippen molar-refractivity contribution >= 4 is 53.2 Å². The summed E-state index contributed by atoms with van der Waals surface area (Å²) in [6.07, 6.45) is 0.953. The van der Waals surface area contributed by atoms with Crippen LogP contribution in [0.5, 0.6) is 0 Å². The second kappa shape index (κ2) is 6.49. The minimum atomic E-state index is -3.35. The molecule has 1 unspecified atom stereocenters. The summed E-state index contributed by atoms with van der Waals surface area (Å²) in [5.41, 5.74) is 0. The first-order valence-corrected chi connectivity index (χ1v) is 9.03. The quantitative estimate of drug-likeness (QED) is 0.758. The Hall–Kier alpha value is 0.570. The van der Waals surface area contributed by atoms with Crippen molar-refractivity contribution in [3.8, 4) is 0 Å². The van der Waals surface area contributed by atoms with Gasteiger partial charge in [0.2, 0.25) is 0 Å². The van der Waals surface area contributed by atoms with Crippen LogP contribution in [0.2, 0.25) is 0 Å². The molecule has 0 saturated heterocycles. The third kappa shape index (κ3) is 4.10. The monoisotopic (exact) mass is 389 g/mol. The molecule has 0 aliphatic rings. The maximum absolute atomic E-state index is 11.9. The van der Waals surface area contributed by atoms with Gasteiger partial charge in [-0.2, -0.15) is 0 Å². The molecule has 7 heteroatoms. The van der Waals surface area contributed by atoms with E-state index >= 15 is 0 Å². The Kier molecular flexibility index (Phi) is 5.93. The Morgan fingerprint density at radius 2 is 2.25 bits per heavy atom. The second-order valence-electron chi connectivity index (χ2n) is 3.49. The van der Waals surface area contributed by atoms with Gasteiger partial charge in [-0.05, 0) is 39.7 Å². The molecule has 1 aromatic rings. The van der Waals surface area contributed by atoms with Crippen LogP contribution >= 0.6 is 43.2 Å². The Labute approximate surface area is 117 Å². The molecule has 1 aromatic heterocycles. The number of hydrogen-bond acceptors (Lipinski definition) is 3. The van der Waals surface area contributed by atoms with Crippen LogP contribution in [0.3, 0.4) is 0 Å². The van der Waals surface area contributed by atoms with Gasteiger partial charge in [-0.1, -0.05) is 22.9 Å². The van der Waals surface area contributed by atoms with E-state index in [1.54, 1.807) is 11.4 Å². The van der Waals surface area contributed by atoms with Gasteiger partial charge in [0.25, 0.3) is 10.0 Å². The number of rotatable bonds is 6. The SMILES string of the molecule is CC(CCBr)CNS(=O)(=O)c1sccc1Br. The van der Waals surface area contributed by atoms with E-state index in [4.69, 9.17) is 0 Å². The highest BCUT2D eigenvalue weighted by Crippen LogP contribution is 2.27. The van der Waals surface area contributed by atoms with Gasteiger partial charge >= 0.3 is 0 Å². The van der Waals surface area contributed by atoms with Crippen LogP contribution in [0, 0.1) is 5.92 Å². The first-order valence-electron chi connectivity index (χ1n) is 4.76. The van der Waals surface area contributed by atoms with Gasteiger partial charge in [-0.3, -0.25) is 0 Å². The number of thiophene rings is 1. The highest BCUT2D eigenvalue weighted by Gasteiger charge is 2.19. The lowest BCUT2D eigenvalue weighted by molar-refractivity contribution is 0.533. The van der Waals surface area contributed by atoms with Gasteiger partial charge in [0, 0.05) is 16.3 Å². The molecule has 0 amide bonds. The summed E-state index contributed by atoms with van der Waals surface area (Å²) in [5, 5.41) is 2.64. The van der Waals surface area contributed by atoms with Crippen molar-refractivity contribution in [2.75, 3.05) is 11.9 Å². The van der Waals surface area contributed by atoms with Crippen LogP contribution in [-0.4, -0.2) is 20.3 Å². The lowest BCUT2D eigenvalue weighted by Gasteiger charge is -2.10. The number of hydrogen-bond donors (Lipinski definition) is 1. The van der Waals surface area contributed by atoms with Crippen LogP contribution in [0.1, 0.15) is 13.3 Å². The van der Waals surface area contributed by atoms with Gasteiger partial charge in [-0.25, -0.2) is 13.1 Å². The molecule has 1 N–H and O–H groups in total. The fraction of sp³-hybridized carbons (Fsp3) is 0.556. The van der Waals surface area contributed by atoms with Crippen molar-refractivity contribution in [3.05, 3.63) is 15.9 Å². The molecular formula is C9H13Br2NO2S2. The van der Waals surface area contributed by atoms with Gasteiger partial charge in [0.1, 0.15) is 4.21 Å². The zero-order valence-electron chi connectivity index (χ0n) is 8.74. The van der Waals surface area contributed by atoms with E-state index in [2.05, 4.69) is 36.6 Å². The zero-order valence-corrected chi connectivity index (χ0v) is 13.5. The minimum Gasteiger partial charge on any atom is -0.210 e. The standard InChI is InChI=1S/C9H13Br2NO2S2/c1-7(2-4-10)6-12-16(13,14)9-8(11)3-5-15-9/h3,5,7,12H,2,4,6H2,1H3. The molecule has 0 radical (unpaired) electrons. The van der Waals surface area contributed by atoms with Crippen molar-refractivity contribution in [2.45, 2.75) is 17.6 Å². The lowest BCUT2D eigenvalue weighted by Crippen LogP contribution is -2.28. The van der Waals surface area contributed by atoms with E-state index < -0.39 is 10.0 Å². The molecule has 1 rings (SSSR count). The average Bonchev–Trinajstić information content (AvgIpc) is 2.63. The fourth-order valence-electron chi connectivity index (χ4n) is 1.08. The highest BCUT2D eigenvalue weighted by atomic mass is 79.9. The Morgan fingerprint density at radius 3 is 2.75 bits per heavy atom. The topological polar surface area (TPSA) is 46.2 Å². The van der Waals surface area contributed by atoms with E-state index in [0.29, 0.717) is 21.1 Å². The molecule has 1 atom stereocenters. The number of nitrogens with one attached hydrogen (secondary N) is 1. The van der Waals surface area contributed by atoms with E-state index in [1.807, 2.05) is 6.92 Å². The normalized spacial score (nSPS) is 13.9. The van der Waals surface area contributed by atoms with Crippen molar-refractivity contribution in [1.29, 1.82) is 0 Å². The van der Waals surface area contributed by atoms with Crippen molar-refractivity contribution < 1.29 is 8.42 Å². The number of sulfonamides is 1. The van der Waals surface area contributed by atoms with Crippen LogP contribution in [0.4, 0.5) is 0 Å². The molecule has 3 nitrogen and oxygen atoms in total. The Bertz CT molecular complexity index is 430. The predicted octanol–water partition coefficient (Wildman–Crippen LogP) is 3.21. The smallest absolute Gasteiger partial charge is 0.210 e. The zero-order chi connectivity index (χ0) is 12.2. The molecule has 1 heterocycles. The minimum absolute atomic E-state index is 0.327. The first kappa shape index (κ1) is 14.6. The van der Waals surface area contributed by atoms with Crippen molar-refractivity contribution in [1.82, 2.24) is 4.72 Å². The summed E-state index contributed by atoms with van der Waals surface area (Å²) in [6, 6.07) is 1.74. The summed E-state index contributed by atoms with van der Waals surface area (Å²) in [6.45, 7) is 2.49. The maximum Gasteiger partial charge on any atom is 0.251 e. The Balaban J connectivity index is 2.63. The van der Waals surface area contributed by atoms with Gasteiger partial charge < -0.3 is 0 Å². The number of alkyl halides is 1. The van der Waals surface area contributed by atoms with Crippen molar-refractivity contribution in [3.63, 3.8) is 0 Å². The molecule has 0 aromatic carbocycles. The lowest BCUT2D eigenvalue weighted by atomic mass is 10.1. The summed E-state index contributed by atoms with van der Waals surface area (Å²) in [7, 11) is -3.35. The number of halogens is 2. The van der Waals surface area contributed by atoms with Gasteiger partial charge in [0.05, 0.1) is 0 Å². The van der Waals surface area contributed by atoms with E-state index in [1.165, 1.54) is 11.3 Å². The first-order chi connectivity index (χ1) is 7.47. The third-order valence-corrected chi connectivity index (χ3v) is 6.60. The summed E-state index contributed by atoms with van der Waals surface area (Å²) in [4.78, 5) is 0. The van der Waals surface area contributed by atoms with Gasteiger partial charge in [-0.15, -0.1) is 11.3 Å². The van der Waals surface area contributed by atoms with Crippen LogP contribution in [0.25, 0.3) is 0 Å². The van der Waals surface area contributed by atoms with Crippen LogP contribution in [-0.2, 0) is 10.0 Å². The van der Waals surface area contributed by atoms with E-state index in [0.717, 1.165) is 11.8 Å². The second-order valence-corrected chi connectivity index (χ2v) is 8.02. The van der Waals surface area contributed by atoms with Crippen molar-refractivity contribution in [2.24, 2.45) is 5.92 Å². The molecule has 0 fully saturated rings. The largest absolute Gasteiger partial charge is 0.251 e. The molecular weight excluding hydrogens is 378 g/mol. The molecule has 0 aliphatic carbocycles. The average molecular weight is 391 g/mol. The molecule has 92 valence electrons. The summed E-state index contributed by atoms with van der Waals surface area (Å²) < 4.78 is 27.3. The summed E-state index contributed by atoms with van der Waals surface area (Å²) >= 11 is 7.78. The predicted molar refractivity (Wildman–Crippen MR) is 74.8 cm³/mol. The van der Waals surface area contributed by atoms with Gasteiger partial charge in [0.15, 0.2) is 0 Å². The van der Waals surface area contributed by atoms with E-state index in [9.17, 15) is 8.42 Å². The molecule has 0 spiro atoms. The molecule has 0 bridgehead atoms. The summed E-state index contributed by atoms with van der Waals surface area (Å²) in [5.74, 6) is 0.327. The molecule has 16 heavy (non-hydrogen) atoms.